The lowest BCUT2D eigenvalue weighted by Crippen LogP contribution is -2.43. The van der Waals surface area contributed by atoms with Crippen LogP contribution in [0.4, 0.5) is 0 Å². The molecule has 0 aliphatic carbocycles. The summed E-state index contributed by atoms with van der Waals surface area (Å²) in [6.45, 7) is 1.99. The molecule has 1 aromatic carbocycles. The molecule has 0 N–H and O–H groups in total. The Hall–Kier alpha value is -3.20. The fourth-order valence-electron chi connectivity index (χ4n) is 4.04. The number of aromatic nitrogens is 1. The van der Waals surface area contributed by atoms with Gasteiger partial charge in [0, 0.05) is 18.0 Å². The lowest BCUT2D eigenvalue weighted by atomic mass is 10.1. The molecule has 0 bridgehead atoms. The molecular formula is C24H26N2O6S. The van der Waals surface area contributed by atoms with E-state index in [0.717, 1.165) is 12.8 Å². The number of amides is 1. The summed E-state index contributed by atoms with van der Waals surface area (Å²) in [6.07, 6.45) is 3.55. The second kappa shape index (κ2) is 9.74. The van der Waals surface area contributed by atoms with Crippen LogP contribution in [-0.4, -0.2) is 60.9 Å². The van der Waals surface area contributed by atoms with E-state index in [9.17, 15) is 18.0 Å². The molecule has 0 saturated carbocycles. The molecule has 0 spiro atoms. The van der Waals surface area contributed by atoms with Crippen molar-refractivity contribution < 1.29 is 27.2 Å². The summed E-state index contributed by atoms with van der Waals surface area (Å²) >= 11 is 0. The molecule has 3 heterocycles. The first-order valence-corrected chi connectivity index (χ1v) is 12.8. The van der Waals surface area contributed by atoms with Gasteiger partial charge in [0.1, 0.15) is 5.69 Å². The van der Waals surface area contributed by atoms with Crippen LogP contribution < -0.4 is 0 Å². The SMILES string of the molecule is CCCCN(C(=O)COC(=O)c1cc(-c2ccco2)nc2ccccc12)C1CCS(=O)(=O)C1. The van der Waals surface area contributed by atoms with Crippen molar-refractivity contribution >= 4 is 32.6 Å². The Morgan fingerprint density at radius 3 is 2.73 bits per heavy atom. The summed E-state index contributed by atoms with van der Waals surface area (Å²) in [5.74, 6) is -0.490. The Labute approximate surface area is 192 Å². The van der Waals surface area contributed by atoms with Crippen LogP contribution in [0.5, 0.6) is 0 Å². The highest BCUT2D eigenvalue weighted by Crippen LogP contribution is 2.26. The monoisotopic (exact) mass is 470 g/mol. The number of esters is 1. The standard InChI is InChI=1S/C24H26N2O6S/c1-2-3-11-26(17-10-13-33(29,30)16-17)23(27)15-32-24(28)19-14-21(22-9-6-12-31-22)25-20-8-5-4-7-18(19)20/h4-9,12,14,17H,2-3,10-11,13,15-16H2,1H3. The van der Waals surface area contributed by atoms with E-state index in [-0.39, 0.29) is 29.0 Å². The van der Waals surface area contributed by atoms with E-state index in [1.807, 2.05) is 13.0 Å². The van der Waals surface area contributed by atoms with Gasteiger partial charge >= 0.3 is 5.97 Å². The van der Waals surface area contributed by atoms with Crippen LogP contribution in [0.25, 0.3) is 22.4 Å². The van der Waals surface area contributed by atoms with Gasteiger partial charge in [-0.15, -0.1) is 0 Å². The summed E-state index contributed by atoms with van der Waals surface area (Å²) in [5.41, 5.74) is 1.37. The van der Waals surface area contributed by atoms with E-state index in [1.54, 1.807) is 41.3 Å². The van der Waals surface area contributed by atoms with E-state index in [4.69, 9.17) is 9.15 Å². The second-order valence-electron chi connectivity index (χ2n) is 8.12. The number of para-hydroxylation sites is 1. The molecule has 1 unspecified atom stereocenters. The predicted octanol–water partition coefficient (Wildman–Crippen LogP) is 3.47. The number of rotatable bonds is 8. The van der Waals surface area contributed by atoms with Gasteiger partial charge in [-0.05, 0) is 37.1 Å². The molecule has 33 heavy (non-hydrogen) atoms. The highest BCUT2D eigenvalue weighted by atomic mass is 32.2. The van der Waals surface area contributed by atoms with Crippen LogP contribution >= 0.6 is 0 Å². The third-order valence-electron chi connectivity index (χ3n) is 5.76. The van der Waals surface area contributed by atoms with Crippen molar-refractivity contribution in [3.8, 4) is 11.5 Å². The summed E-state index contributed by atoms with van der Waals surface area (Å²) in [6, 6.07) is 11.9. The van der Waals surface area contributed by atoms with Gasteiger partial charge in [0.25, 0.3) is 5.91 Å². The minimum absolute atomic E-state index is 0.0437. The zero-order chi connectivity index (χ0) is 23.4. The highest BCUT2D eigenvalue weighted by molar-refractivity contribution is 7.91. The van der Waals surface area contributed by atoms with E-state index in [0.29, 0.717) is 35.3 Å². The van der Waals surface area contributed by atoms with Gasteiger partial charge in [-0.1, -0.05) is 31.5 Å². The van der Waals surface area contributed by atoms with Crippen LogP contribution in [0.3, 0.4) is 0 Å². The fourth-order valence-corrected chi connectivity index (χ4v) is 5.77. The molecule has 1 saturated heterocycles. The Balaban J connectivity index is 1.53. The molecule has 8 nitrogen and oxygen atoms in total. The molecule has 2 aromatic heterocycles. The van der Waals surface area contributed by atoms with Crippen LogP contribution in [0.2, 0.25) is 0 Å². The topological polar surface area (TPSA) is 107 Å². The molecule has 4 rings (SSSR count). The number of benzene rings is 1. The number of nitrogens with zero attached hydrogens (tertiary/aromatic N) is 2. The summed E-state index contributed by atoms with van der Waals surface area (Å²) in [7, 11) is -3.14. The van der Waals surface area contributed by atoms with Crippen molar-refractivity contribution in [1.29, 1.82) is 0 Å². The Kier molecular flexibility index (Phi) is 6.78. The number of hydrogen-bond donors (Lipinski definition) is 0. The Morgan fingerprint density at radius 2 is 2.03 bits per heavy atom. The normalized spacial score (nSPS) is 17.2. The second-order valence-corrected chi connectivity index (χ2v) is 10.4. The van der Waals surface area contributed by atoms with E-state index in [2.05, 4.69) is 4.98 Å². The summed E-state index contributed by atoms with van der Waals surface area (Å²) in [5, 5.41) is 0.606. The molecule has 3 aromatic rings. The number of ether oxygens (including phenoxy) is 1. The highest BCUT2D eigenvalue weighted by Gasteiger charge is 2.34. The van der Waals surface area contributed by atoms with Gasteiger partial charge in [-0.2, -0.15) is 0 Å². The number of pyridine rings is 1. The molecule has 1 aliphatic heterocycles. The van der Waals surface area contributed by atoms with Gasteiger partial charge in [-0.25, -0.2) is 18.2 Å². The van der Waals surface area contributed by atoms with E-state index < -0.39 is 22.4 Å². The molecule has 9 heteroatoms. The van der Waals surface area contributed by atoms with Gasteiger partial charge in [-0.3, -0.25) is 4.79 Å². The third kappa shape index (κ3) is 5.24. The van der Waals surface area contributed by atoms with E-state index in [1.165, 1.54) is 6.26 Å². The zero-order valence-corrected chi connectivity index (χ0v) is 19.2. The van der Waals surface area contributed by atoms with Gasteiger partial charge in [0.15, 0.2) is 22.2 Å². The first-order valence-electron chi connectivity index (χ1n) is 11.0. The maximum absolute atomic E-state index is 13.0. The van der Waals surface area contributed by atoms with E-state index >= 15 is 0 Å². The Bertz CT molecular complexity index is 1250. The maximum atomic E-state index is 13.0. The van der Waals surface area contributed by atoms with Crippen molar-refractivity contribution in [3.05, 3.63) is 54.3 Å². The molecule has 1 aliphatic rings. The predicted molar refractivity (Wildman–Crippen MR) is 123 cm³/mol. The van der Waals surface area contributed by atoms with Crippen molar-refractivity contribution in [3.63, 3.8) is 0 Å². The van der Waals surface area contributed by atoms with Crippen LogP contribution in [0.15, 0.2) is 53.1 Å². The zero-order valence-electron chi connectivity index (χ0n) is 18.4. The third-order valence-corrected chi connectivity index (χ3v) is 7.51. The van der Waals surface area contributed by atoms with Crippen LogP contribution in [0, 0.1) is 0 Å². The van der Waals surface area contributed by atoms with Crippen LogP contribution in [0.1, 0.15) is 36.5 Å². The van der Waals surface area contributed by atoms with Crippen molar-refractivity contribution in [2.45, 2.75) is 32.2 Å². The lowest BCUT2D eigenvalue weighted by Gasteiger charge is -2.28. The quantitative estimate of drug-likeness (QED) is 0.464. The molecule has 1 amide bonds. The smallest absolute Gasteiger partial charge is 0.339 e. The minimum Gasteiger partial charge on any atom is -0.463 e. The van der Waals surface area contributed by atoms with Gasteiger partial charge in [0.2, 0.25) is 0 Å². The largest absolute Gasteiger partial charge is 0.463 e. The van der Waals surface area contributed by atoms with Crippen molar-refractivity contribution in [2.24, 2.45) is 0 Å². The first kappa shape index (κ1) is 23.0. The molecular weight excluding hydrogens is 444 g/mol. The number of furan rings is 1. The number of hydrogen-bond acceptors (Lipinski definition) is 7. The number of sulfone groups is 1. The first-order chi connectivity index (χ1) is 15.9. The van der Waals surface area contributed by atoms with Gasteiger partial charge < -0.3 is 14.1 Å². The number of fused-ring (bicyclic) bond motifs is 1. The number of unbranched alkanes of at least 4 members (excludes halogenated alkanes) is 1. The number of carbonyl (C=O) groups is 2. The Morgan fingerprint density at radius 1 is 1.21 bits per heavy atom. The van der Waals surface area contributed by atoms with Crippen molar-refractivity contribution in [2.75, 3.05) is 24.7 Å². The molecule has 0 radical (unpaired) electrons. The van der Waals surface area contributed by atoms with Crippen LogP contribution in [-0.2, 0) is 19.4 Å². The molecule has 1 fully saturated rings. The van der Waals surface area contributed by atoms with Crippen molar-refractivity contribution in [1.82, 2.24) is 9.88 Å². The molecule has 1 atom stereocenters. The fraction of sp³-hybridized carbons (Fsp3) is 0.375. The average molecular weight is 471 g/mol. The average Bonchev–Trinajstić information content (AvgIpc) is 3.47. The maximum Gasteiger partial charge on any atom is 0.339 e. The minimum atomic E-state index is -3.14. The molecule has 174 valence electrons. The summed E-state index contributed by atoms with van der Waals surface area (Å²) < 4.78 is 34.6. The van der Waals surface area contributed by atoms with Gasteiger partial charge in [0.05, 0.1) is 28.8 Å². The summed E-state index contributed by atoms with van der Waals surface area (Å²) in [4.78, 5) is 32.0. The number of carbonyl (C=O) groups excluding carboxylic acids is 2. The lowest BCUT2D eigenvalue weighted by molar-refractivity contribution is -0.136.